The predicted molar refractivity (Wildman–Crippen MR) is 120 cm³/mol. The SMILES string of the molecule is O=S(=O)(c1ccc(Nc2ncc(F)c(Nc3ccc4c(c3)OCCO4)n2)cc1)N1CCCC1. The lowest BCUT2D eigenvalue weighted by Gasteiger charge is -2.19. The van der Waals surface area contributed by atoms with Crippen molar-refractivity contribution in [3.05, 3.63) is 54.5 Å². The van der Waals surface area contributed by atoms with Crippen molar-refractivity contribution in [1.82, 2.24) is 14.3 Å². The fourth-order valence-electron chi connectivity index (χ4n) is 3.69. The molecule has 3 heterocycles. The molecule has 0 amide bonds. The Hall–Kier alpha value is -3.44. The van der Waals surface area contributed by atoms with Crippen LogP contribution < -0.4 is 20.1 Å². The molecule has 0 unspecified atom stereocenters. The zero-order chi connectivity index (χ0) is 22.8. The summed E-state index contributed by atoms with van der Waals surface area (Å²) in [5.74, 6) is 0.724. The maximum atomic E-state index is 14.3. The average Bonchev–Trinajstić information content (AvgIpc) is 3.38. The molecule has 2 aliphatic rings. The highest BCUT2D eigenvalue weighted by Gasteiger charge is 2.27. The number of fused-ring (bicyclic) bond motifs is 1. The molecule has 2 aliphatic heterocycles. The molecule has 2 aromatic carbocycles. The second-order valence-electron chi connectivity index (χ2n) is 7.63. The van der Waals surface area contributed by atoms with Gasteiger partial charge in [-0.05, 0) is 49.2 Å². The lowest BCUT2D eigenvalue weighted by atomic mass is 10.2. The van der Waals surface area contributed by atoms with Crippen LogP contribution in [-0.2, 0) is 10.0 Å². The molecule has 0 aliphatic carbocycles. The second kappa shape index (κ2) is 8.83. The van der Waals surface area contributed by atoms with E-state index in [-0.39, 0.29) is 16.7 Å². The van der Waals surface area contributed by atoms with Crippen molar-refractivity contribution >= 4 is 33.2 Å². The molecule has 33 heavy (non-hydrogen) atoms. The van der Waals surface area contributed by atoms with Gasteiger partial charge in [0.25, 0.3) is 0 Å². The number of nitrogens with one attached hydrogen (secondary N) is 2. The van der Waals surface area contributed by atoms with Gasteiger partial charge < -0.3 is 20.1 Å². The Morgan fingerprint density at radius 2 is 1.61 bits per heavy atom. The Morgan fingerprint density at radius 3 is 2.36 bits per heavy atom. The van der Waals surface area contributed by atoms with Crippen molar-refractivity contribution in [3.63, 3.8) is 0 Å². The van der Waals surface area contributed by atoms with Crippen LogP contribution in [0.25, 0.3) is 0 Å². The van der Waals surface area contributed by atoms with Gasteiger partial charge in [-0.1, -0.05) is 0 Å². The van der Waals surface area contributed by atoms with Crippen LogP contribution in [0.1, 0.15) is 12.8 Å². The summed E-state index contributed by atoms with van der Waals surface area (Å²) in [6, 6.07) is 11.5. The van der Waals surface area contributed by atoms with Crippen molar-refractivity contribution in [1.29, 1.82) is 0 Å². The van der Waals surface area contributed by atoms with Gasteiger partial charge in [0, 0.05) is 30.5 Å². The van der Waals surface area contributed by atoms with Gasteiger partial charge in [-0.2, -0.15) is 9.29 Å². The number of nitrogens with zero attached hydrogens (tertiary/aromatic N) is 3. The molecule has 0 spiro atoms. The van der Waals surface area contributed by atoms with E-state index in [1.165, 1.54) is 16.4 Å². The molecule has 9 nitrogen and oxygen atoms in total. The van der Waals surface area contributed by atoms with E-state index in [0.717, 1.165) is 19.0 Å². The van der Waals surface area contributed by atoms with E-state index in [9.17, 15) is 12.8 Å². The minimum Gasteiger partial charge on any atom is -0.486 e. The summed E-state index contributed by atoms with van der Waals surface area (Å²) in [5, 5.41) is 5.90. The van der Waals surface area contributed by atoms with Crippen LogP contribution in [0.15, 0.2) is 53.6 Å². The number of ether oxygens (including phenoxy) is 2. The summed E-state index contributed by atoms with van der Waals surface area (Å²) < 4.78 is 52.2. The van der Waals surface area contributed by atoms with Crippen LogP contribution in [0.4, 0.5) is 27.5 Å². The largest absolute Gasteiger partial charge is 0.486 e. The smallest absolute Gasteiger partial charge is 0.243 e. The summed E-state index contributed by atoms with van der Waals surface area (Å²) in [7, 11) is -3.49. The van der Waals surface area contributed by atoms with Crippen LogP contribution in [0, 0.1) is 5.82 Å². The first-order chi connectivity index (χ1) is 16.0. The van der Waals surface area contributed by atoms with E-state index in [4.69, 9.17) is 9.47 Å². The number of benzene rings is 2. The van der Waals surface area contributed by atoms with Crippen molar-refractivity contribution in [2.75, 3.05) is 36.9 Å². The number of rotatable bonds is 6. The molecule has 11 heteroatoms. The number of sulfonamides is 1. The Morgan fingerprint density at radius 1 is 0.909 bits per heavy atom. The topological polar surface area (TPSA) is 106 Å². The van der Waals surface area contributed by atoms with Crippen molar-refractivity contribution in [3.8, 4) is 11.5 Å². The lowest BCUT2D eigenvalue weighted by molar-refractivity contribution is 0.171. The third-order valence-corrected chi connectivity index (χ3v) is 7.28. The normalized spacial score (nSPS) is 15.9. The Balaban J connectivity index is 1.31. The predicted octanol–water partition coefficient (Wildman–Crippen LogP) is 3.66. The summed E-state index contributed by atoms with van der Waals surface area (Å²) in [4.78, 5) is 8.41. The highest BCUT2D eigenvalue weighted by molar-refractivity contribution is 7.89. The van der Waals surface area contributed by atoms with Crippen LogP contribution in [0.3, 0.4) is 0 Å². The van der Waals surface area contributed by atoms with Gasteiger partial charge >= 0.3 is 0 Å². The van der Waals surface area contributed by atoms with Gasteiger partial charge in [0.2, 0.25) is 16.0 Å². The number of hydrogen-bond acceptors (Lipinski definition) is 8. The van der Waals surface area contributed by atoms with Gasteiger partial charge in [0.05, 0.1) is 11.1 Å². The zero-order valence-corrected chi connectivity index (χ0v) is 18.4. The van der Waals surface area contributed by atoms with Gasteiger partial charge in [0.15, 0.2) is 23.1 Å². The second-order valence-corrected chi connectivity index (χ2v) is 9.57. The van der Waals surface area contributed by atoms with E-state index in [2.05, 4.69) is 20.6 Å². The van der Waals surface area contributed by atoms with Gasteiger partial charge in [0.1, 0.15) is 13.2 Å². The Labute approximate surface area is 190 Å². The molecule has 0 radical (unpaired) electrons. The van der Waals surface area contributed by atoms with E-state index in [0.29, 0.717) is 49.2 Å². The first-order valence-electron chi connectivity index (χ1n) is 10.6. The Bertz CT molecular complexity index is 1260. The number of hydrogen-bond donors (Lipinski definition) is 2. The molecular weight excluding hydrogens is 449 g/mol. The van der Waals surface area contributed by atoms with Crippen molar-refractivity contribution in [2.45, 2.75) is 17.7 Å². The average molecular weight is 472 g/mol. The van der Waals surface area contributed by atoms with E-state index in [1.807, 2.05) is 0 Å². The summed E-state index contributed by atoms with van der Waals surface area (Å²) in [6.07, 6.45) is 2.81. The molecule has 1 aromatic heterocycles. The number of aromatic nitrogens is 2. The fourth-order valence-corrected chi connectivity index (χ4v) is 5.21. The Kier molecular flexibility index (Phi) is 5.73. The zero-order valence-electron chi connectivity index (χ0n) is 17.6. The summed E-state index contributed by atoms with van der Waals surface area (Å²) in [6.45, 7) is 2.03. The van der Waals surface area contributed by atoms with E-state index >= 15 is 0 Å². The molecule has 0 saturated carbocycles. The van der Waals surface area contributed by atoms with Crippen molar-refractivity contribution < 1.29 is 22.3 Å². The molecule has 172 valence electrons. The lowest BCUT2D eigenvalue weighted by Crippen LogP contribution is -2.27. The molecule has 0 bridgehead atoms. The molecule has 5 rings (SSSR count). The van der Waals surface area contributed by atoms with Gasteiger partial charge in [-0.15, -0.1) is 0 Å². The fraction of sp³-hybridized carbons (Fsp3) is 0.273. The molecule has 2 N–H and O–H groups in total. The van der Waals surface area contributed by atoms with Crippen molar-refractivity contribution in [2.24, 2.45) is 0 Å². The minimum absolute atomic E-state index is 0.0163. The molecular formula is C22H22FN5O4S. The van der Waals surface area contributed by atoms with Crippen LogP contribution >= 0.6 is 0 Å². The standard InChI is InChI=1S/C22H22FN5O4S/c23-18-14-24-22(27-21(18)25-16-5-8-19-20(13-16)32-12-11-31-19)26-15-3-6-17(7-4-15)33(29,30)28-9-1-2-10-28/h3-8,13-14H,1-2,9-12H2,(H2,24,25,26,27). The highest BCUT2D eigenvalue weighted by Crippen LogP contribution is 2.34. The maximum absolute atomic E-state index is 14.3. The quantitative estimate of drug-likeness (QED) is 0.561. The molecule has 3 aromatic rings. The number of halogens is 1. The molecule has 1 fully saturated rings. The van der Waals surface area contributed by atoms with E-state index in [1.54, 1.807) is 30.3 Å². The van der Waals surface area contributed by atoms with Crippen LogP contribution in [0.5, 0.6) is 11.5 Å². The molecule has 0 atom stereocenters. The number of anilines is 4. The monoisotopic (exact) mass is 471 g/mol. The molecule has 1 saturated heterocycles. The highest BCUT2D eigenvalue weighted by atomic mass is 32.2. The first-order valence-corrected chi connectivity index (χ1v) is 12.0. The summed E-state index contributed by atoms with van der Waals surface area (Å²) in [5.41, 5.74) is 1.16. The third-order valence-electron chi connectivity index (χ3n) is 5.36. The van der Waals surface area contributed by atoms with E-state index < -0.39 is 15.8 Å². The minimum atomic E-state index is -3.49. The maximum Gasteiger partial charge on any atom is 0.243 e. The van der Waals surface area contributed by atoms with Gasteiger partial charge in [-0.3, -0.25) is 0 Å². The van der Waals surface area contributed by atoms with Gasteiger partial charge in [-0.25, -0.2) is 17.8 Å². The van der Waals surface area contributed by atoms with Crippen LogP contribution in [0.2, 0.25) is 0 Å². The summed E-state index contributed by atoms with van der Waals surface area (Å²) >= 11 is 0. The van der Waals surface area contributed by atoms with Crippen LogP contribution in [-0.4, -0.2) is 49.0 Å². The first kappa shape index (κ1) is 21.4. The third kappa shape index (κ3) is 4.55.